The molecule has 1 heterocycles. The Morgan fingerprint density at radius 1 is 1.17 bits per heavy atom. The van der Waals surface area contributed by atoms with Crippen molar-refractivity contribution < 1.29 is 5.11 Å². The van der Waals surface area contributed by atoms with E-state index in [1.54, 1.807) is 11.8 Å². The van der Waals surface area contributed by atoms with Gasteiger partial charge in [0.2, 0.25) is 0 Å². The average Bonchev–Trinajstić information content (AvgIpc) is 3.03. The van der Waals surface area contributed by atoms with E-state index in [2.05, 4.69) is 59.3 Å². The van der Waals surface area contributed by atoms with Crippen LogP contribution < -0.4 is 0 Å². The van der Waals surface area contributed by atoms with Crippen LogP contribution in [-0.2, 0) is 12.1 Å². The molecule has 124 valence electrons. The molecule has 0 spiro atoms. The minimum absolute atomic E-state index is 0.128. The SMILES string of the molecule is CC/N=C1\SC2Cc3cc(-c4ccccc4)ccc3C2(O)N1CC. The summed E-state index contributed by atoms with van der Waals surface area (Å²) in [6, 6.07) is 16.9. The first-order valence-electron chi connectivity index (χ1n) is 8.58. The van der Waals surface area contributed by atoms with E-state index in [4.69, 9.17) is 0 Å². The van der Waals surface area contributed by atoms with E-state index in [9.17, 15) is 5.11 Å². The zero-order chi connectivity index (χ0) is 16.7. The fourth-order valence-electron chi connectivity index (χ4n) is 3.86. The predicted molar refractivity (Wildman–Crippen MR) is 101 cm³/mol. The van der Waals surface area contributed by atoms with Crippen LogP contribution in [0.2, 0.25) is 0 Å². The topological polar surface area (TPSA) is 35.8 Å². The van der Waals surface area contributed by atoms with E-state index in [1.807, 2.05) is 13.0 Å². The number of nitrogens with zero attached hydrogens (tertiary/aromatic N) is 2. The zero-order valence-corrected chi connectivity index (χ0v) is 14.9. The third kappa shape index (κ3) is 2.20. The van der Waals surface area contributed by atoms with Gasteiger partial charge in [-0.1, -0.05) is 60.3 Å². The summed E-state index contributed by atoms with van der Waals surface area (Å²) in [4.78, 5) is 6.66. The van der Waals surface area contributed by atoms with Gasteiger partial charge in [0.1, 0.15) is 0 Å². The van der Waals surface area contributed by atoms with Gasteiger partial charge in [0.15, 0.2) is 10.9 Å². The maximum absolute atomic E-state index is 11.5. The number of thioether (sulfide) groups is 1. The van der Waals surface area contributed by atoms with Gasteiger partial charge in [-0.25, -0.2) is 0 Å². The highest BCUT2D eigenvalue weighted by atomic mass is 32.2. The first kappa shape index (κ1) is 15.7. The van der Waals surface area contributed by atoms with Crippen molar-refractivity contribution >= 4 is 16.9 Å². The third-order valence-corrected chi connectivity index (χ3v) is 6.30. The average molecular weight is 338 g/mol. The summed E-state index contributed by atoms with van der Waals surface area (Å²) in [6.07, 6.45) is 0.885. The zero-order valence-electron chi connectivity index (χ0n) is 14.1. The molecule has 1 N–H and O–H groups in total. The highest BCUT2D eigenvalue weighted by Crippen LogP contribution is 2.52. The standard InChI is InChI=1S/C20H22N2OS/c1-3-21-19-22(4-2)20(23)17-11-10-15(14-8-6-5-7-9-14)12-16(17)13-18(20)24-19/h5-12,18,23H,3-4,13H2,1-2H3/b21-19-. The lowest BCUT2D eigenvalue weighted by Crippen LogP contribution is -2.46. The van der Waals surface area contributed by atoms with E-state index >= 15 is 0 Å². The van der Waals surface area contributed by atoms with E-state index in [0.29, 0.717) is 0 Å². The van der Waals surface area contributed by atoms with Crippen LogP contribution in [0.3, 0.4) is 0 Å². The molecule has 2 atom stereocenters. The van der Waals surface area contributed by atoms with Crippen molar-refractivity contribution in [2.75, 3.05) is 13.1 Å². The van der Waals surface area contributed by atoms with E-state index in [0.717, 1.165) is 30.2 Å². The first-order valence-corrected chi connectivity index (χ1v) is 9.46. The third-order valence-electron chi connectivity index (χ3n) is 4.96. The van der Waals surface area contributed by atoms with Gasteiger partial charge in [-0.2, -0.15) is 0 Å². The van der Waals surface area contributed by atoms with Gasteiger partial charge >= 0.3 is 0 Å². The van der Waals surface area contributed by atoms with Crippen LogP contribution in [0.25, 0.3) is 11.1 Å². The number of hydrogen-bond donors (Lipinski definition) is 1. The number of rotatable bonds is 3. The summed E-state index contributed by atoms with van der Waals surface area (Å²) in [6.45, 7) is 5.64. The normalized spacial score (nSPS) is 26.7. The van der Waals surface area contributed by atoms with Gasteiger partial charge in [0, 0.05) is 18.7 Å². The molecule has 1 saturated heterocycles. The maximum atomic E-state index is 11.5. The van der Waals surface area contributed by atoms with Crippen LogP contribution in [0.4, 0.5) is 0 Å². The van der Waals surface area contributed by atoms with E-state index in [-0.39, 0.29) is 5.25 Å². The molecule has 4 rings (SSSR count). The van der Waals surface area contributed by atoms with Crippen LogP contribution in [0.1, 0.15) is 25.0 Å². The molecule has 3 nitrogen and oxygen atoms in total. The molecule has 0 aromatic heterocycles. The second kappa shape index (κ2) is 5.94. The van der Waals surface area contributed by atoms with Crippen molar-refractivity contribution in [3.8, 4) is 11.1 Å². The molecule has 2 aromatic rings. The quantitative estimate of drug-likeness (QED) is 0.923. The Balaban J connectivity index is 1.76. The van der Waals surface area contributed by atoms with Crippen LogP contribution in [0.5, 0.6) is 0 Å². The molecular weight excluding hydrogens is 316 g/mol. The molecule has 4 heteroatoms. The molecule has 24 heavy (non-hydrogen) atoms. The summed E-state index contributed by atoms with van der Waals surface area (Å²) in [5, 5.41) is 12.6. The van der Waals surface area contributed by atoms with Gasteiger partial charge < -0.3 is 10.0 Å². The van der Waals surface area contributed by atoms with Crippen molar-refractivity contribution in [1.82, 2.24) is 4.90 Å². The highest BCUT2D eigenvalue weighted by molar-refractivity contribution is 8.14. The highest BCUT2D eigenvalue weighted by Gasteiger charge is 2.56. The molecule has 2 aliphatic rings. The fraction of sp³-hybridized carbons (Fsp3) is 0.350. The van der Waals surface area contributed by atoms with Crippen LogP contribution >= 0.6 is 11.8 Å². The Kier molecular flexibility index (Phi) is 3.89. The van der Waals surface area contributed by atoms with Crippen molar-refractivity contribution in [3.05, 3.63) is 59.7 Å². The summed E-state index contributed by atoms with van der Waals surface area (Å²) in [7, 11) is 0. The van der Waals surface area contributed by atoms with Crippen molar-refractivity contribution in [2.45, 2.75) is 31.2 Å². The number of aliphatic hydroxyl groups is 1. The monoisotopic (exact) mass is 338 g/mol. The Bertz CT molecular complexity index is 789. The molecule has 0 saturated carbocycles. The van der Waals surface area contributed by atoms with Crippen LogP contribution in [0, 0.1) is 0 Å². The Hall–Kier alpha value is -1.78. The predicted octanol–water partition coefficient (Wildman–Crippen LogP) is 3.87. The smallest absolute Gasteiger partial charge is 0.179 e. The first-order chi connectivity index (χ1) is 11.7. The lowest BCUT2D eigenvalue weighted by molar-refractivity contribution is -0.0597. The van der Waals surface area contributed by atoms with E-state index in [1.165, 1.54) is 16.7 Å². The van der Waals surface area contributed by atoms with Gasteiger partial charge in [-0.15, -0.1) is 0 Å². The lowest BCUT2D eigenvalue weighted by Gasteiger charge is -2.34. The number of fused-ring (bicyclic) bond motifs is 3. The molecule has 0 bridgehead atoms. The van der Waals surface area contributed by atoms with Gasteiger partial charge in [-0.05, 0) is 37.0 Å². The summed E-state index contributed by atoms with van der Waals surface area (Å²) >= 11 is 1.72. The Labute approximate surface area is 147 Å². The minimum Gasteiger partial charge on any atom is -0.366 e. The second-order valence-corrected chi connectivity index (χ2v) is 7.45. The summed E-state index contributed by atoms with van der Waals surface area (Å²) in [5.74, 6) is 0. The second-order valence-electron chi connectivity index (χ2n) is 6.28. The maximum Gasteiger partial charge on any atom is 0.179 e. The fourth-order valence-corrected chi connectivity index (χ4v) is 5.40. The van der Waals surface area contributed by atoms with Crippen LogP contribution in [0.15, 0.2) is 53.5 Å². The summed E-state index contributed by atoms with van der Waals surface area (Å²) < 4.78 is 0. The number of aliphatic imine (C=N–C) groups is 1. The molecule has 1 fully saturated rings. The van der Waals surface area contributed by atoms with Gasteiger partial charge in [-0.3, -0.25) is 4.99 Å². The molecule has 0 amide bonds. The molecular formula is C20H22N2OS. The summed E-state index contributed by atoms with van der Waals surface area (Å²) in [5.41, 5.74) is 3.82. The number of hydrogen-bond acceptors (Lipinski definition) is 3. The van der Waals surface area contributed by atoms with Crippen LogP contribution in [-0.4, -0.2) is 33.5 Å². The molecule has 2 aromatic carbocycles. The van der Waals surface area contributed by atoms with Gasteiger partial charge in [0.05, 0.1) is 5.25 Å². The van der Waals surface area contributed by atoms with Crippen molar-refractivity contribution in [3.63, 3.8) is 0 Å². The number of benzene rings is 2. The van der Waals surface area contributed by atoms with Crippen molar-refractivity contribution in [1.29, 1.82) is 0 Å². The van der Waals surface area contributed by atoms with Gasteiger partial charge in [0.25, 0.3) is 0 Å². The Morgan fingerprint density at radius 3 is 2.67 bits per heavy atom. The molecule has 2 unspecified atom stereocenters. The molecule has 1 aliphatic carbocycles. The largest absolute Gasteiger partial charge is 0.366 e. The Morgan fingerprint density at radius 2 is 1.96 bits per heavy atom. The lowest BCUT2D eigenvalue weighted by atomic mass is 9.98. The minimum atomic E-state index is -0.919. The molecule has 0 radical (unpaired) electrons. The van der Waals surface area contributed by atoms with E-state index < -0.39 is 5.72 Å². The molecule has 1 aliphatic heterocycles. The van der Waals surface area contributed by atoms with Crippen molar-refractivity contribution in [2.24, 2.45) is 4.99 Å². The number of amidine groups is 1.